The number of hydrogen-bond acceptors (Lipinski definition) is 5. The Morgan fingerprint density at radius 3 is 1.84 bits per heavy atom. The minimum atomic E-state index is -5.24. The van der Waals surface area contributed by atoms with Gasteiger partial charge in [-0.15, -0.1) is 0 Å². The van der Waals surface area contributed by atoms with Crippen LogP contribution in [-0.2, 0) is 12.4 Å². The van der Waals surface area contributed by atoms with Crippen molar-refractivity contribution in [3.05, 3.63) is 79.9 Å². The molecule has 0 aromatic heterocycles. The van der Waals surface area contributed by atoms with Gasteiger partial charge in [-0.2, -0.15) is 26.3 Å². The first-order chi connectivity index (χ1) is 14.3. The van der Waals surface area contributed by atoms with Gasteiger partial charge in [-0.25, -0.2) is 0 Å². The summed E-state index contributed by atoms with van der Waals surface area (Å²) < 4.78 is 80.4. The van der Waals surface area contributed by atoms with Crippen molar-refractivity contribution >= 4 is 33.5 Å². The zero-order valence-electron chi connectivity index (χ0n) is 14.9. The standard InChI is InChI=1S/C18H9F6N3O4/c19-17(20,21)12-5-6-14(11-4-2-1-3-10(11)12)25-16-13(18(22,23)24)7-9(26(28)29)8-15(16)27(30)31/h1-8,25H. The van der Waals surface area contributed by atoms with Crippen LogP contribution in [0.3, 0.4) is 0 Å². The molecule has 0 atom stereocenters. The predicted octanol–water partition coefficient (Wildman–Crippen LogP) is 6.44. The molecule has 162 valence electrons. The zero-order valence-corrected chi connectivity index (χ0v) is 14.9. The molecule has 0 amide bonds. The lowest BCUT2D eigenvalue weighted by molar-refractivity contribution is -0.394. The van der Waals surface area contributed by atoms with Crippen LogP contribution in [0.2, 0.25) is 0 Å². The van der Waals surface area contributed by atoms with Gasteiger partial charge in [0, 0.05) is 17.1 Å². The molecule has 3 aromatic rings. The maximum atomic E-state index is 13.5. The van der Waals surface area contributed by atoms with Gasteiger partial charge >= 0.3 is 12.4 Å². The lowest BCUT2D eigenvalue weighted by Crippen LogP contribution is -2.12. The average molecular weight is 445 g/mol. The summed E-state index contributed by atoms with van der Waals surface area (Å²) >= 11 is 0. The Labute approximate surface area is 168 Å². The second kappa shape index (κ2) is 7.41. The van der Waals surface area contributed by atoms with Gasteiger partial charge in [0.15, 0.2) is 0 Å². The maximum absolute atomic E-state index is 13.5. The number of fused-ring (bicyclic) bond motifs is 1. The number of non-ortho nitro benzene ring substituents is 1. The highest BCUT2D eigenvalue weighted by Gasteiger charge is 2.40. The van der Waals surface area contributed by atoms with E-state index in [0.29, 0.717) is 12.1 Å². The molecule has 0 spiro atoms. The average Bonchev–Trinajstić information content (AvgIpc) is 2.66. The molecule has 0 aliphatic rings. The van der Waals surface area contributed by atoms with E-state index in [1.807, 2.05) is 0 Å². The van der Waals surface area contributed by atoms with Crippen LogP contribution in [0.25, 0.3) is 10.8 Å². The first-order valence-corrected chi connectivity index (χ1v) is 8.20. The number of hydrogen-bond donors (Lipinski definition) is 1. The number of nitro benzene ring substituents is 2. The summed E-state index contributed by atoms with van der Waals surface area (Å²) in [6.07, 6.45) is -9.99. The second-order valence-electron chi connectivity index (χ2n) is 6.23. The molecule has 1 N–H and O–H groups in total. The Morgan fingerprint density at radius 2 is 1.32 bits per heavy atom. The van der Waals surface area contributed by atoms with E-state index in [9.17, 15) is 46.6 Å². The fourth-order valence-electron chi connectivity index (χ4n) is 3.01. The van der Waals surface area contributed by atoms with E-state index in [0.717, 1.165) is 12.1 Å². The van der Waals surface area contributed by atoms with E-state index in [4.69, 9.17) is 0 Å². The van der Waals surface area contributed by atoms with Crippen LogP contribution in [0.1, 0.15) is 11.1 Å². The molecular formula is C18H9F6N3O4. The van der Waals surface area contributed by atoms with Crippen molar-refractivity contribution in [3.63, 3.8) is 0 Å². The van der Waals surface area contributed by atoms with Crippen molar-refractivity contribution in [1.29, 1.82) is 0 Å². The SMILES string of the molecule is O=[N+]([O-])c1cc([N+](=O)[O-])c(Nc2ccc(C(F)(F)F)c3ccccc23)c(C(F)(F)F)c1. The van der Waals surface area contributed by atoms with Crippen LogP contribution in [0.15, 0.2) is 48.5 Å². The minimum Gasteiger partial charge on any atom is -0.349 e. The van der Waals surface area contributed by atoms with Gasteiger partial charge in [0.25, 0.3) is 11.4 Å². The largest absolute Gasteiger partial charge is 0.418 e. The Kier molecular flexibility index (Phi) is 5.21. The van der Waals surface area contributed by atoms with Gasteiger partial charge in [0.1, 0.15) is 5.69 Å². The van der Waals surface area contributed by atoms with Crippen LogP contribution in [0.4, 0.5) is 49.1 Å². The van der Waals surface area contributed by atoms with Crippen molar-refractivity contribution in [2.45, 2.75) is 12.4 Å². The van der Waals surface area contributed by atoms with Crippen LogP contribution in [0, 0.1) is 20.2 Å². The molecule has 0 aliphatic carbocycles. The summed E-state index contributed by atoms with van der Waals surface area (Å²) in [5, 5.41) is 23.9. The van der Waals surface area contributed by atoms with Crippen LogP contribution < -0.4 is 5.32 Å². The maximum Gasteiger partial charge on any atom is 0.418 e. The summed E-state index contributed by atoms with van der Waals surface area (Å²) in [6, 6.07) is 6.81. The molecule has 7 nitrogen and oxygen atoms in total. The van der Waals surface area contributed by atoms with Crippen molar-refractivity contribution in [3.8, 4) is 0 Å². The summed E-state index contributed by atoms with van der Waals surface area (Å²) in [4.78, 5) is 19.8. The molecule has 0 unspecified atom stereocenters. The van der Waals surface area contributed by atoms with Gasteiger partial charge in [-0.05, 0) is 17.5 Å². The topological polar surface area (TPSA) is 98.3 Å². The summed E-state index contributed by atoms with van der Waals surface area (Å²) in [7, 11) is 0. The van der Waals surface area contributed by atoms with E-state index in [1.54, 1.807) is 0 Å². The lowest BCUT2D eigenvalue weighted by Gasteiger charge is -2.17. The minimum absolute atomic E-state index is 0.113. The van der Waals surface area contributed by atoms with Crippen LogP contribution >= 0.6 is 0 Å². The van der Waals surface area contributed by atoms with Crippen molar-refractivity contribution in [2.75, 3.05) is 5.32 Å². The number of alkyl halides is 6. The number of nitro groups is 2. The predicted molar refractivity (Wildman–Crippen MR) is 97.0 cm³/mol. The number of rotatable bonds is 4. The first-order valence-electron chi connectivity index (χ1n) is 8.20. The Bertz CT molecular complexity index is 1210. The fourth-order valence-corrected chi connectivity index (χ4v) is 3.01. The quantitative estimate of drug-likeness (QED) is 0.283. The Balaban J connectivity index is 2.30. The number of nitrogens with one attached hydrogen (secondary N) is 1. The smallest absolute Gasteiger partial charge is 0.349 e. The van der Waals surface area contributed by atoms with Crippen molar-refractivity contribution in [2.24, 2.45) is 0 Å². The van der Waals surface area contributed by atoms with E-state index >= 15 is 0 Å². The van der Waals surface area contributed by atoms with E-state index in [-0.39, 0.29) is 22.5 Å². The molecule has 0 bridgehead atoms. The highest BCUT2D eigenvalue weighted by molar-refractivity contribution is 5.98. The first kappa shape index (κ1) is 21.8. The summed E-state index contributed by atoms with van der Waals surface area (Å²) in [5.74, 6) is 0. The van der Waals surface area contributed by atoms with E-state index in [2.05, 4.69) is 5.32 Å². The molecular weight excluding hydrogens is 436 g/mol. The molecule has 0 heterocycles. The Morgan fingerprint density at radius 1 is 0.742 bits per heavy atom. The third-order valence-electron chi connectivity index (χ3n) is 4.30. The number of nitrogens with zero attached hydrogens (tertiary/aromatic N) is 2. The summed E-state index contributed by atoms with van der Waals surface area (Å²) in [6.45, 7) is 0. The monoisotopic (exact) mass is 445 g/mol. The van der Waals surface area contributed by atoms with E-state index < -0.39 is 50.4 Å². The molecule has 3 rings (SSSR count). The summed E-state index contributed by atoms with van der Waals surface area (Å²) in [5.41, 5.74) is -6.60. The second-order valence-corrected chi connectivity index (χ2v) is 6.23. The molecule has 0 aliphatic heterocycles. The number of benzene rings is 3. The normalized spacial score (nSPS) is 12.1. The molecule has 0 fully saturated rings. The third-order valence-corrected chi connectivity index (χ3v) is 4.30. The van der Waals surface area contributed by atoms with Gasteiger partial charge in [0.05, 0.1) is 27.0 Å². The number of halogens is 6. The molecule has 3 aromatic carbocycles. The zero-order chi connectivity index (χ0) is 23.1. The highest BCUT2D eigenvalue weighted by atomic mass is 19.4. The molecule has 0 radical (unpaired) electrons. The molecule has 31 heavy (non-hydrogen) atoms. The van der Waals surface area contributed by atoms with Crippen molar-refractivity contribution in [1.82, 2.24) is 0 Å². The van der Waals surface area contributed by atoms with Gasteiger partial charge in [-0.3, -0.25) is 20.2 Å². The third kappa shape index (κ3) is 4.20. The molecule has 0 saturated heterocycles. The lowest BCUT2D eigenvalue weighted by atomic mass is 10.0. The fraction of sp³-hybridized carbons (Fsp3) is 0.111. The Hall–Kier alpha value is -3.90. The van der Waals surface area contributed by atoms with Crippen LogP contribution in [0.5, 0.6) is 0 Å². The van der Waals surface area contributed by atoms with Gasteiger partial charge < -0.3 is 5.32 Å². The highest BCUT2D eigenvalue weighted by Crippen LogP contribution is 2.45. The molecule has 0 saturated carbocycles. The van der Waals surface area contributed by atoms with Crippen LogP contribution in [-0.4, -0.2) is 9.85 Å². The van der Waals surface area contributed by atoms with E-state index in [1.165, 1.54) is 18.2 Å². The van der Waals surface area contributed by atoms with Gasteiger partial charge in [-0.1, -0.05) is 24.3 Å². The molecule has 13 heteroatoms. The number of anilines is 2. The van der Waals surface area contributed by atoms with Gasteiger partial charge in [0.2, 0.25) is 0 Å². The van der Waals surface area contributed by atoms with Crippen molar-refractivity contribution < 1.29 is 36.2 Å².